The molecule has 3 rings (SSSR count). The zero-order valence-corrected chi connectivity index (χ0v) is 16.4. The lowest BCUT2D eigenvalue weighted by Crippen LogP contribution is -2.06. The van der Waals surface area contributed by atoms with Crippen LogP contribution < -0.4 is 9.47 Å². The van der Waals surface area contributed by atoms with Gasteiger partial charge >= 0.3 is 5.97 Å². The van der Waals surface area contributed by atoms with Crippen LogP contribution in [0.5, 0.6) is 11.5 Å². The number of nitro groups is 1. The van der Waals surface area contributed by atoms with Gasteiger partial charge in [0.05, 0.1) is 28.7 Å². The largest absolute Gasteiger partial charge is 0.490 e. The number of aliphatic imine (C=N–C) groups is 1. The summed E-state index contributed by atoms with van der Waals surface area (Å²) in [6.07, 6.45) is 1.53. The molecule has 0 unspecified atom stereocenters. The van der Waals surface area contributed by atoms with E-state index in [0.717, 1.165) is 0 Å². The number of carbonyl (C=O) groups is 1. The molecule has 0 radical (unpaired) electrons. The number of hydrogen-bond acceptors (Lipinski definition) is 7. The fourth-order valence-corrected chi connectivity index (χ4v) is 2.83. The Balaban J connectivity index is 1.96. The zero-order valence-electron chi connectivity index (χ0n) is 15.7. The quantitative estimate of drug-likeness (QED) is 0.287. The Bertz CT molecular complexity index is 1030. The van der Waals surface area contributed by atoms with Gasteiger partial charge in [0.2, 0.25) is 5.90 Å². The summed E-state index contributed by atoms with van der Waals surface area (Å²) in [4.78, 5) is 26.8. The second-order valence-electron chi connectivity index (χ2n) is 5.83. The molecule has 0 aromatic heterocycles. The van der Waals surface area contributed by atoms with Gasteiger partial charge in [-0.3, -0.25) is 10.1 Å². The lowest BCUT2D eigenvalue weighted by molar-refractivity contribution is -0.384. The highest BCUT2D eigenvalue weighted by Crippen LogP contribution is 2.31. The number of hydrogen-bond donors (Lipinski definition) is 0. The van der Waals surface area contributed by atoms with Gasteiger partial charge in [-0.05, 0) is 43.7 Å². The smallest absolute Gasteiger partial charge is 0.363 e. The lowest BCUT2D eigenvalue weighted by atomic mass is 10.1. The van der Waals surface area contributed by atoms with Crippen molar-refractivity contribution in [2.45, 2.75) is 13.8 Å². The molecule has 0 saturated heterocycles. The molecule has 1 aliphatic rings. The molecule has 0 bridgehead atoms. The Labute approximate surface area is 171 Å². The van der Waals surface area contributed by atoms with Crippen molar-refractivity contribution in [1.82, 2.24) is 0 Å². The summed E-state index contributed by atoms with van der Waals surface area (Å²) in [5.41, 5.74) is 0.668. The zero-order chi connectivity index (χ0) is 21.0. The van der Waals surface area contributed by atoms with E-state index in [2.05, 4.69) is 4.99 Å². The molecule has 0 fully saturated rings. The first-order valence-electron chi connectivity index (χ1n) is 8.79. The number of nitrogens with zero attached hydrogens (tertiary/aromatic N) is 2. The standard InChI is InChI=1S/C20H17ClN2O6/c1-3-27-17-8-5-12(10-18(17)28-4-2)9-16-20(24)29-19(22-16)14-11-13(23(25)26)6-7-15(14)21/h5-11H,3-4H2,1-2H3/b16-9-. The van der Waals surface area contributed by atoms with Gasteiger partial charge in [0.15, 0.2) is 17.2 Å². The number of benzene rings is 2. The third-order valence-electron chi connectivity index (χ3n) is 3.88. The molecule has 9 heteroatoms. The van der Waals surface area contributed by atoms with Gasteiger partial charge < -0.3 is 14.2 Å². The maximum absolute atomic E-state index is 12.2. The Morgan fingerprint density at radius 3 is 2.55 bits per heavy atom. The fourth-order valence-electron chi connectivity index (χ4n) is 2.63. The summed E-state index contributed by atoms with van der Waals surface area (Å²) in [6.45, 7) is 4.67. The summed E-state index contributed by atoms with van der Waals surface area (Å²) in [7, 11) is 0. The van der Waals surface area contributed by atoms with Crippen molar-refractivity contribution in [1.29, 1.82) is 0 Å². The van der Waals surface area contributed by atoms with Crippen LogP contribution in [-0.4, -0.2) is 30.0 Å². The molecule has 0 N–H and O–H groups in total. The molecular formula is C20H17ClN2O6. The van der Waals surface area contributed by atoms with Crippen molar-refractivity contribution in [2.75, 3.05) is 13.2 Å². The molecule has 0 amide bonds. The third-order valence-corrected chi connectivity index (χ3v) is 4.21. The van der Waals surface area contributed by atoms with E-state index in [9.17, 15) is 14.9 Å². The van der Waals surface area contributed by atoms with E-state index in [-0.39, 0.29) is 27.9 Å². The van der Waals surface area contributed by atoms with Crippen LogP contribution in [0.15, 0.2) is 47.1 Å². The van der Waals surface area contributed by atoms with Gasteiger partial charge in [0.25, 0.3) is 5.69 Å². The van der Waals surface area contributed by atoms with Crippen molar-refractivity contribution in [3.05, 3.63) is 68.4 Å². The number of nitro benzene ring substituents is 1. The SMILES string of the molecule is CCOc1ccc(/C=C2\N=C(c3cc([N+](=O)[O-])ccc3Cl)OC2=O)cc1OCC. The van der Waals surface area contributed by atoms with Crippen molar-refractivity contribution >= 4 is 35.2 Å². The van der Waals surface area contributed by atoms with E-state index in [1.165, 1.54) is 24.3 Å². The van der Waals surface area contributed by atoms with Crippen LogP contribution >= 0.6 is 11.6 Å². The van der Waals surface area contributed by atoms with Crippen molar-refractivity contribution in [3.63, 3.8) is 0 Å². The Hall–Kier alpha value is -3.39. The van der Waals surface area contributed by atoms with Gasteiger partial charge in [-0.1, -0.05) is 17.7 Å². The van der Waals surface area contributed by atoms with E-state index in [4.69, 9.17) is 25.8 Å². The topological polar surface area (TPSA) is 100 Å². The van der Waals surface area contributed by atoms with Crippen LogP contribution in [0.2, 0.25) is 5.02 Å². The van der Waals surface area contributed by atoms with Crippen molar-refractivity contribution in [3.8, 4) is 11.5 Å². The van der Waals surface area contributed by atoms with Crippen LogP contribution in [0.1, 0.15) is 25.0 Å². The summed E-state index contributed by atoms with van der Waals surface area (Å²) in [6, 6.07) is 9.04. The van der Waals surface area contributed by atoms with E-state index < -0.39 is 10.9 Å². The number of rotatable bonds is 7. The van der Waals surface area contributed by atoms with Crippen LogP contribution in [-0.2, 0) is 9.53 Å². The Morgan fingerprint density at radius 2 is 1.86 bits per heavy atom. The predicted molar refractivity (Wildman–Crippen MR) is 107 cm³/mol. The molecule has 150 valence electrons. The van der Waals surface area contributed by atoms with Gasteiger partial charge in [-0.15, -0.1) is 0 Å². The molecule has 29 heavy (non-hydrogen) atoms. The van der Waals surface area contributed by atoms with Gasteiger partial charge in [0, 0.05) is 12.1 Å². The molecule has 0 spiro atoms. The molecule has 0 aliphatic carbocycles. The van der Waals surface area contributed by atoms with Gasteiger partial charge in [-0.2, -0.15) is 0 Å². The first-order chi connectivity index (χ1) is 13.9. The number of halogens is 1. The predicted octanol–water partition coefficient (Wildman–Crippen LogP) is 4.39. The number of non-ortho nitro benzene ring substituents is 1. The van der Waals surface area contributed by atoms with E-state index >= 15 is 0 Å². The Morgan fingerprint density at radius 1 is 1.14 bits per heavy atom. The first kappa shape index (κ1) is 20.3. The molecule has 2 aromatic rings. The van der Waals surface area contributed by atoms with E-state index in [1.54, 1.807) is 18.2 Å². The molecule has 0 atom stereocenters. The maximum atomic E-state index is 12.2. The highest BCUT2D eigenvalue weighted by atomic mass is 35.5. The number of esters is 1. The number of cyclic esters (lactones) is 1. The average molecular weight is 417 g/mol. The normalized spacial score (nSPS) is 14.5. The van der Waals surface area contributed by atoms with Gasteiger partial charge in [0.1, 0.15) is 0 Å². The Kier molecular flexibility index (Phi) is 6.13. The molecule has 1 heterocycles. The minimum absolute atomic E-state index is 0.0363. The summed E-state index contributed by atoms with van der Waals surface area (Å²) in [5.74, 6) is 0.361. The molecular weight excluding hydrogens is 400 g/mol. The minimum Gasteiger partial charge on any atom is -0.490 e. The van der Waals surface area contributed by atoms with Crippen LogP contribution in [0.25, 0.3) is 6.08 Å². The fraction of sp³-hybridized carbons (Fsp3) is 0.200. The minimum atomic E-state index is -0.686. The van der Waals surface area contributed by atoms with Crippen LogP contribution in [0, 0.1) is 10.1 Å². The molecule has 8 nitrogen and oxygen atoms in total. The van der Waals surface area contributed by atoms with Gasteiger partial charge in [-0.25, -0.2) is 9.79 Å². The summed E-state index contributed by atoms with van der Waals surface area (Å²) >= 11 is 6.09. The van der Waals surface area contributed by atoms with Crippen molar-refractivity contribution < 1.29 is 23.9 Å². The maximum Gasteiger partial charge on any atom is 0.363 e. The monoisotopic (exact) mass is 416 g/mol. The summed E-state index contributed by atoms with van der Waals surface area (Å²) < 4.78 is 16.3. The summed E-state index contributed by atoms with van der Waals surface area (Å²) in [5, 5.41) is 11.2. The third kappa shape index (κ3) is 4.55. The van der Waals surface area contributed by atoms with E-state index in [0.29, 0.717) is 30.3 Å². The molecule has 1 aliphatic heterocycles. The second kappa shape index (κ2) is 8.74. The van der Waals surface area contributed by atoms with Crippen LogP contribution in [0.4, 0.5) is 5.69 Å². The second-order valence-corrected chi connectivity index (χ2v) is 6.24. The molecule has 2 aromatic carbocycles. The highest BCUT2D eigenvalue weighted by molar-refractivity contribution is 6.34. The van der Waals surface area contributed by atoms with Crippen LogP contribution in [0.3, 0.4) is 0 Å². The first-order valence-corrected chi connectivity index (χ1v) is 9.17. The molecule has 0 saturated carbocycles. The number of carbonyl (C=O) groups excluding carboxylic acids is 1. The lowest BCUT2D eigenvalue weighted by Gasteiger charge is -2.11. The number of ether oxygens (including phenoxy) is 3. The van der Waals surface area contributed by atoms with E-state index in [1.807, 2.05) is 13.8 Å². The van der Waals surface area contributed by atoms with Crippen molar-refractivity contribution in [2.24, 2.45) is 4.99 Å². The average Bonchev–Trinajstić information content (AvgIpc) is 3.04. The highest BCUT2D eigenvalue weighted by Gasteiger charge is 2.27.